The van der Waals surface area contributed by atoms with Crippen LogP contribution in [0.1, 0.15) is 10.7 Å². The van der Waals surface area contributed by atoms with E-state index in [2.05, 4.69) is 26.7 Å². The maximum absolute atomic E-state index is 13.7. The summed E-state index contributed by atoms with van der Waals surface area (Å²) in [4.78, 5) is 1.14. The quantitative estimate of drug-likeness (QED) is 0.787. The Morgan fingerprint density at radius 2 is 2.09 bits per heavy atom. The van der Waals surface area contributed by atoms with Crippen LogP contribution in [-0.2, 0) is 6.54 Å². The molecular weight excluding hydrogens is 333 g/mol. The Kier molecular flexibility index (Phi) is 3.84. The lowest BCUT2D eigenvalue weighted by molar-refractivity contribution is 0.628. The molecule has 1 aliphatic heterocycles. The molecule has 23 heavy (non-hydrogen) atoms. The first-order chi connectivity index (χ1) is 11.3. The summed E-state index contributed by atoms with van der Waals surface area (Å²) in [7, 11) is 0. The molecule has 0 amide bonds. The molecule has 116 valence electrons. The Morgan fingerprint density at radius 3 is 2.91 bits per heavy atom. The number of para-hydroxylation sites is 1. The molecular formula is C15H12FN5S2. The van der Waals surface area contributed by atoms with Crippen molar-refractivity contribution < 1.29 is 4.39 Å². The number of anilines is 1. The second-order valence-corrected chi connectivity index (χ2v) is 6.75. The molecule has 0 unspecified atom stereocenters. The van der Waals surface area contributed by atoms with Gasteiger partial charge in [-0.3, -0.25) is 0 Å². The molecule has 1 aliphatic rings. The van der Waals surface area contributed by atoms with Gasteiger partial charge in [0.25, 0.3) is 0 Å². The first-order valence-electron chi connectivity index (χ1n) is 6.98. The highest BCUT2D eigenvalue weighted by Gasteiger charge is 2.20. The molecule has 0 fully saturated rings. The number of hydrogen-bond donors (Lipinski definition) is 1. The van der Waals surface area contributed by atoms with Crippen LogP contribution in [0.5, 0.6) is 0 Å². The largest absolute Gasteiger partial charge is 0.375 e. The van der Waals surface area contributed by atoms with E-state index in [0.717, 1.165) is 21.5 Å². The van der Waals surface area contributed by atoms with Crippen molar-refractivity contribution in [3.8, 4) is 0 Å². The highest BCUT2D eigenvalue weighted by Crippen LogP contribution is 2.26. The molecule has 1 N–H and O–H groups in total. The van der Waals surface area contributed by atoms with Crippen LogP contribution in [0.25, 0.3) is 0 Å². The summed E-state index contributed by atoms with van der Waals surface area (Å²) in [5.74, 6) is 1.15. The molecule has 0 radical (unpaired) electrons. The van der Waals surface area contributed by atoms with Gasteiger partial charge in [-0.25, -0.2) is 4.39 Å². The molecule has 3 aromatic rings. The van der Waals surface area contributed by atoms with E-state index < -0.39 is 0 Å². The van der Waals surface area contributed by atoms with E-state index >= 15 is 0 Å². The summed E-state index contributed by atoms with van der Waals surface area (Å²) in [6.07, 6.45) is 0. The van der Waals surface area contributed by atoms with E-state index in [1.807, 2.05) is 11.4 Å². The Labute approximate surface area is 140 Å². The van der Waals surface area contributed by atoms with Gasteiger partial charge in [-0.15, -0.1) is 21.5 Å². The summed E-state index contributed by atoms with van der Waals surface area (Å²) < 4.78 is 15.4. The molecule has 3 heterocycles. The molecule has 5 nitrogen and oxygen atoms in total. The lowest BCUT2D eigenvalue weighted by Gasteiger charge is -2.13. The topological polar surface area (TPSA) is 55.1 Å². The van der Waals surface area contributed by atoms with Crippen LogP contribution in [0.15, 0.2) is 52.0 Å². The van der Waals surface area contributed by atoms with Crippen molar-refractivity contribution in [1.29, 1.82) is 0 Å². The number of nitrogens with one attached hydrogen (secondary N) is 1. The maximum Gasteiger partial charge on any atom is 0.212 e. The van der Waals surface area contributed by atoms with Crippen molar-refractivity contribution >= 4 is 34.5 Å². The summed E-state index contributed by atoms with van der Waals surface area (Å²) in [6, 6.07) is 10.6. The van der Waals surface area contributed by atoms with Gasteiger partial charge < -0.3 is 5.32 Å². The van der Waals surface area contributed by atoms with E-state index in [9.17, 15) is 4.39 Å². The number of benzene rings is 1. The number of fused-ring (bicyclic) bond motifs is 1. The van der Waals surface area contributed by atoms with E-state index in [4.69, 9.17) is 0 Å². The average molecular weight is 345 g/mol. The van der Waals surface area contributed by atoms with Gasteiger partial charge in [-0.05, 0) is 23.6 Å². The highest BCUT2D eigenvalue weighted by molar-refractivity contribution is 7.99. The van der Waals surface area contributed by atoms with Crippen LogP contribution in [0.2, 0.25) is 0 Å². The standard InChI is InChI=1S/C15H12FN5S2/c16-10-4-1-2-5-11(10)17-8-14-18-19-15-21(14)20-12(9-23-15)13-6-3-7-22-13/h1-7,17H,8-9H2. The van der Waals surface area contributed by atoms with Crippen molar-refractivity contribution in [1.82, 2.24) is 14.9 Å². The van der Waals surface area contributed by atoms with Crippen LogP contribution < -0.4 is 5.32 Å². The molecule has 8 heteroatoms. The van der Waals surface area contributed by atoms with Crippen LogP contribution >= 0.6 is 23.1 Å². The van der Waals surface area contributed by atoms with Crippen molar-refractivity contribution in [2.24, 2.45) is 5.10 Å². The zero-order valence-electron chi connectivity index (χ0n) is 11.9. The number of halogens is 1. The van der Waals surface area contributed by atoms with Gasteiger partial charge in [0.1, 0.15) is 5.82 Å². The number of hydrogen-bond acceptors (Lipinski definition) is 6. The third-order valence-electron chi connectivity index (χ3n) is 3.35. The van der Waals surface area contributed by atoms with Gasteiger partial charge in [0.05, 0.1) is 22.8 Å². The predicted molar refractivity (Wildman–Crippen MR) is 90.7 cm³/mol. The second-order valence-electron chi connectivity index (χ2n) is 4.86. The fourth-order valence-corrected chi connectivity index (χ4v) is 3.87. The van der Waals surface area contributed by atoms with Gasteiger partial charge in [0.15, 0.2) is 5.82 Å². The first kappa shape index (κ1) is 14.4. The van der Waals surface area contributed by atoms with Gasteiger partial charge in [0, 0.05) is 5.75 Å². The Bertz CT molecular complexity index is 857. The molecule has 0 bridgehead atoms. The molecule has 0 spiro atoms. The summed E-state index contributed by atoms with van der Waals surface area (Å²) in [5.41, 5.74) is 1.44. The van der Waals surface area contributed by atoms with Gasteiger partial charge in [-0.1, -0.05) is 30.0 Å². The SMILES string of the molecule is Fc1ccccc1NCc1nnc2n1N=C(c1cccs1)CS2. The molecule has 4 rings (SSSR count). The zero-order valence-corrected chi connectivity index (χ0v) is 13.6. The van der Waals surface area contributed by atoms with Crippen molar-refractivity contribution in [3.05, 3.63) is 58.3 Å². The van der Waals surface area contributed by atoms with E-state index in [1.165, 1.54) is 6.07 Å². The number of thiophene rings is 1. The monoisotopic (exact) mass is 345 g/mol. The van der Waals surface area contributed by atoms with Gasteiger partial charge >= 0.3 is 0 Å². The number of rotatable bonds is 4. The average Bonchev–Trinajstić information content (AvgIpc) is 3.23. The molecule has 0 atom stereocenters. The van der Waals surface area contributed by atoms with Crippen LogP contribution in [0, 0.1) is 5.82 Å². The third-order valence-corrected chi connectivity index (χ3v) is 5.20. The van der Waals surface area contributed by atoms with Crippen molar-refractivity contribution in [2.45, 2.75) is 11.7 Å². The lowest BCUT2D eigenvalue weighted by atomic mass is 10.3. The first-order valence-corrected chi connectivity index (χ1v) is 8.85. The van der Waals surface area contributed by atoms with Crippen molar-refractivity contribution in [2.75, 3.05) is 11.1 Å². The second kappa shape index (κ2) is 6.13. The van der Waals surface area contributed by atoms with Crippen LogP contribution in [0.4, 0.5) is 10.1 Å². The van der Waals surface area contributed by atoms with E-state index in [1.54, 1.807) is 46.0 Å². The fraction of sp³-hybridized carbons (Fsp3) is 0.133. The maximum atomic E-state index is 13.7. The summed E-state index contributed by atoms with van der Waals surface area (Å²) in [6.45, 7) is 0.357. The van der Waals surface area contributed by atoms with Gasteiger partial charge in [-0.2, -0.15) is 9.78 Å². The Hall–Kier alpha value is -2.19. The molecule has 2 aromatic heterocycles. The molecule has 0 saturated heterocycles. The van der Waals surface area contributed by atoms with Gasteiger partial charge in [0.2, 0.25) is 5.16 Å². The van der Waals surface area contributed by atoms with Crippen LogP contribution in [-0.4, -0.2) is 26.3 Å². The molecule has 1 aromatic carbocycles. The minimum Gasteiger partial charge on any atom is -0.375 e. The molecule has 0 saturated carbocycles. The van der Waals surface area contributed by atoms with Crippen molar-refractivity contribution in [3.63, 3.8) is 0 Å². The normalized spacial score (nSPS) is 13.5. The number of thioether (sulfide) groups is 1. The summed E-state index contributed by atoms with van der Waals surface area (Å²) in [5, 5.41) is 18.8. The van der Waals surface area contributed by atoms with E-state index in [-0.39, 0.29) is 5.82 Å². The highest BCUT2D eigenvalue weighted by atomic mass is 32.2. The number of nitrogens with zero attached hydrogens (tertiary/aromatic N) is 4. The summed E-state index contributed by atoms with van der Waals surface area (Å²) >= 11 is 3.27. The molecule has 0 aliphatic carbocycles. The fourth-order valence-electron chi connectivity index (χ4n) is 2.22. The van der Waals surface area contributed by atoms with E-state index in [0.29, 0.717) is 18.1 Å². The van der Waals surface area contributed by atoms with Crippen LogP contribution in [0.3, 0.4) is 0 Å². The third kappa shape index (κ3) is 2.87. The Balaban J connectivity index is 1.59. The minimum absolute atomic E-state index is 0.289. The lowest BCUT2D eigenvalue weighted by Crippen LogP contribution is -2.15. The zero-order chi connectivity index (χ0) is 15.6. The minimum atomic E-state index is -0.289. The smallest absolute Gasteiger partial charge is 0.212 e. The predicted octanol–water partition coefficient (Wildman–Crippen LogP) is 3.45. The number of aromatic nitrogens is 3. The Morgan fingerprint density at radius 1 is 1.17 bits per heavy atom.